The molecule has 1 saturated heterocycles. The summed E-state index contributed by atoms with van der Waals surface area (Å²) >= 11 is 0. The van der Waals surface area contributed by atoms with Gasteiger partial charge in [0.05, 0.1) is 6.04 Å². The van der Waals surface area contributed by atoms with Gasteiger partial charge in [-0.3, -0.25) is 9.59 Å². The number of carbonyl (C=O) groups is 2. The zero-order valence-corrected chi connectivity index (χ0v) is 23.0. The SMILES string of the molecule is Cc1c(C)c(CNC(=O)C2CCCN2C(=O)[C@H](N)C(c2ccccc2)c2ccccc2)c(C)c(C)c1CN. The summed E-state index contributed by atoms with van der Waals surface area (Å²) in [5.41, 5.74) is 21.6. The molecule has 38 heavy (non-hydrogen) atoms. The third kappa shape index (κ3) is 5.38. The van der Waals surface area contributed by atoms with E-state index in [-0.39, 0.29) is 17.7 Å². The van der Waals surface area contributed by atoms with E-state index >= 15 is 0 Å². The van der Waals surface area contributed by atoms with Gasteiger partial charge in [-0.05, 0) is 85.0 Å². The fraction of sp³-hybridized carbons (Fsp3) is 0.375. The molecule has 1 fully saturated rings. The van der Waals surface area contributed by atoms with Crippen LogP contribution in [0.3, 0.4) is 0 Å². The van der Waals surface area contributed by atoms with Gasteiger partial charge < -0.3 is 21.7 Å². The van der Waals surface area contributed by atoms with Crippen molar-refractivity contribution in [2.75, 3.05) is 6.54 Å². The standard InChI is InChI=1S/C32H40N4O2/c1-20-22(3)27(23(4)21(2)26(20)18-33)19-35-31(37)28-16-11-17-36(28)32(38)30(34)29(24-12-7-5-8-13-24)25-14-9-6-10-15-25/h5-10,12-15,28-30H,11,16-19,33-34H2,1-4H3,(H,35,37)/t28?,30-/m1/s1. The van der Waals surface area contributed by atoms with Crippen LogP contribution in [0.5, 0.6) is 0 Å². The number of nitrogens with two attached hydrogens (primary N) is 2. The van der Waals surface area contributed by atoms with Gasteiger partial charge in [-0.2, -0.15) is 0 Å². The molecule has 0 saturated carbocycles. The molecule has 1 aliphatic heterocycles. The second-order valence-electron chi connectivity index (χ2n) is 10.4. The first-order valence-corrected chi connectivity index (χ1v) is 13.5. The number of nitrogens with zero attached hydrogens (tertiary/aromatic N) is 1. The van der Waals surface area contributed by atoms with Crippen molar-refractivity contribution in [3.05, 3.63) is 105 Å². The first kappa shape index (κ1) is 27.6. The van der Waals surface area contributed by atoms with E-state index < -0.39 is 12.1 Å². The maximum absolute atomic E-state index is 13.8. The largest absolute Gasteiger partial charge is 0.350 e. The van der Waals surface area contributed by atoms with E-state index in [1.807, 2.05) is 60.7 Å². The summed E-state index contributed by atoms with van der Waals surface area (Å²) in [5, 5.41) is 3.13. The van der Waals surface area contributed by atoms with Gasteiger partial charge in [0.1, 0.15) is 6.04 Å². The molecule has 1 aliphatic rings. The Morgan fingerprint density at radius 3 is 1.87 bits per heavy atom. The highest BCUT2D eigenvalue weighted by atomic mass is 16.2. The summed E-state index contributed by atoms with van der Waals surface area (Å²) in [4.78, 5) is 28.9. The zero-order valence-electron chi connectivity index (χ0n) is 23.0. The third-order valence-corrected chi connectivity index (χ3v) is 8.38. The number of rotatable bonds is 8. The summed E-state index contributed by atoms with van der Waals surface area (Å²) in [6.07, 6.45) is 1.41. The molecule has 0 spiro atoms. The fourth-order valence-electron chi connectivity index (χ4n) is 5.90. The second-order valence-corrected chi connectivity index (χ2v) is 10.4. The lowest BCUT2D eigenvalue weighted by molar-refractivity contribution is -0.139. The highest BCUT2D eigenvalue weighted by Gasteiger charge is 2.39. The predicted molar refractivity (Wildman–Crippen MR) is 153 cm³/mol. The molecule has 0 radical (unpaired) electrons. The van der Waals surface area contributed by atoms with Gasteiger partial charge >= 0.3 is 0 Å². The molecule has 4 rings (SSSR count). The Hall–Kier alpha value is -3.48. The van der Waals surface area contributed by atoms with E-state index in [0.717, 1.165) is 34.2 Å². The molecule has 0 aliphatic carbocycles. The van der Waals surface area contributed by atoms with E-state index in [0.29, 0.717) is 26.1 Å². The summed E-state index contributed by atoms with van der Waals surface area (Å²) in [5.74, 6) is -0.616. The Morgan fingerprint density at radius 1 is 0.868 bits per heavy atom. The quantitative estimate of drug-likeness (QED) is 0.422. The second kappa shape index (κ2) is 11.9. The Balaban J connectivity index is 1.53. The Labute approximate surface area is 226 Å². The first-order chi connectivity index (χ1) is 18.3. The normalized spacial score (nSPS) is 16.1. The van der Waals surface area contributed by atoms with Crippen LogP contribution in [0.1, 0.15) is 63.3 Å². The van der Waals surface area contributed by atoms with Crippen LogP contribution >= 0.6 is 0 Å². The van der Waals surface area contributed by atoms with E-state index in [1.165, 1.54) is 16.7 Å². The van der Waals surface area contributed by atoms with Gasteiger partial charge in [0, 0.05) is 25.6 Å². The van der Waals surface area contributed by atoms with E-state index in [1.54, 1.807) is 4.90 Å². The number of likely N-dealkylation sites (tertiary alicyclic amines) is 1. The minimum Gasteiger partial charge on any atom is -0.350 e. The van der Waals surface area contributed by atoms with Crippen molar-refractivity contribution in [3.8, 4) is 0 Å². The van der Waals surface area contributed by atoms with Crippen molar-refractivity contribution < 1.29 is 9.59 Å². The molecule has 3 aromatic carbocycles. The molecule has 0 aromatic heterocycles. The summed E-state index contributed by atoms with van der Waals surface area (Å²) in [7, 11) is 0. The Bertz CT molecular complexity index is 1220. The van der Waals surface area contributed by atoms with Crippen molar-refractivity contribution in [1.82, 2.24) is 10.2 Å². The van der Waals surface area contributed by atoms with Crippen LogP contribution < -0.4 is 16.8 Å². The monoisotopic (exact) mass is 512 g/mol. The average Bonchev–Trinajstić information content (AvgIpc) is 3.43. The van der Waals surface area contributed by atoms with Crippen LogP contribution in [0.25, 0.3) is 0 Å². The first-order valence-electron chi connectivity index (χ1n) is 13.5. The van der Waals surface area contributed by atoms with Crippen molar-refractivity contribution >= 4 is 11.8 Å². The molecule has 3 aromatic rings. The van der Waals surface area contributed by atoms with Crippen molar-refractivity contribution in [2.45, 2.75) is 71.6 Å². The average molecular weight is 513 g/mol. The smallest absolute Gasteiger partial charge is 0.243 e. The molecule has 0 bridgehead atoms. The molecular weight excluding hydrogens is 472 g/mol. The van der Waals surface area contributed by atoms with E-state index in [2.05, 4.69) is 33.0 Å². The molecule has 6 nitrogen and oxygen atoms in total. The van der Waals surface area contributed by atoms with Gasteiger partial charge in [0.2, 0.25) is 11.8 Å². The van der Waals surface area contributed by atoms with Crippen molar-refractivity contribution in [1.29, 1.82) is 0 Å². The Morgan fingerprint density at radius 2 is 1.37 bits per heavy atom. The minimum atomic E-state index is -0.799. The van der Waals surface area contributed by atoms with Crippen LogP contribution in [0.15, 0.2) is 60.7 Å². The number of nitrogens with one attached hydrogen (secondary N) is 1. The predicted octanol–water partition coefficient (Wildman–Crippen LogP) is 4.15. The minimum absolute atomic E-state index is 0.129. The van der Waals surface area contributed by atoms with Crippen molar-refractivity contribution in [2.24, 2.45) is 11.5 Å². The molecule has 2 atom stereocenters. The van der Waals surface area contributed by atoms with E-state index in [9.17, 15) is 9.59 Å². The van der Waals surface area contributed by atoms with E-state index in [4.69, 9.17) is 11.5 Å². The van der Waals surface area contributed by atoms with Crippen LogP contribution in [0.2, 0.25) is 0 Å². The molecule has 200 valence electrons. The maximum Gasteiger partial charge on any atom is 0.243 e. The lowest BCUT2D eigenvalue weighted by Crippen LogP contribution is -2.52. The topological polar surface area (TPSA) is 101 Å². The van der Waals surface area contributed by atoms with Gasteiger partial charge in [0.15, 0.2) is 0 Å². The molecule has 1 heterocycles. The summed E-state index contributed by atoms with van der Waals surface area (Å²) in [6.45, 7) is 9.79. The summed E-state index contributed by atoms with van der Waals surface area (Å²) in [6, 6.07) is 18.4. The number of benzene rings is 3. The van der Waals surface area contributed by atoms with Crippen LogP contribution in [-0.4, -0.2) is 35.3 Å². The van der Waals surface area contributed by atoms with Gasteiger partial charge in [-0.25, -0.2) is 0 Å². The lowest BCUT2D eigenvalue weighted by atomic mass is 9.84. The van der Waals surface area contributed by atoms with Crippen LogP contribution in [0.4, 0.5) is 0 Å². The Kier molecular flexibility index (Phi) is 8.65. The summed E-state index contributed by atoms with van der Waals surface area (Å²) < 4.78 is 0. The molecule has 2 amide bonds. The molecule has 5 N–H and O–H groups in total. The van der Waals surface area contributed by atoms with Crippen molar-refractivity contribution in [3.63, 3.8) is 0 Å². The van der Waals surface area contributed by atoms with Crippen LogP contribution in [0, 0.1) is 27.7 Å². The molecular formula is C32H40N4O2. The number of carbonyl (C=O) groups excluding carboxylic acids is 2. The zero-order chi connectivity index (χ0) is 27.4. The van der Waals surface area contributed by atoms with Gasteiger partial charge in [0.25, 0.3) is 0 Å². The number of amides is 2. The molecule has 6 heteroatoms. The number of hydrogen-bond acceptors (Lipinski definition) is 4. The number of hydrogen-bond donors (Lipinski definition) is 3. The highest BCUT2D eigenvalue weighted by Crippen LogP contribution is 2.30. The highest BCUT2D eigenvalue weighted by molar-refractivity contribution is 5.91. The van der Waals surface area contributed by atoms with Crippen LogP contribution in [-0.2, 0) is 22.7 Å². The molecule has 1 unspecified atom stereocenters. The third-order valence-electron chi connectivity index (χ3n) is 8.38. The van der Waals surface area contributed by atoms with Gasteiger partial charge in [-0.15, -0.1) is 0 Å². The fourth-order valence-corrected chi connectivity index (χ4v) is 5.90. The maximum atomic E-state index is 13.8. The lowest BCUT2D eigenvalue weighted by Gasteiger charge is -2.31. The van der Waals surface area contributed by atoms with Gasteiger partial charge in [-0.1, -0.05) is 60.7 Å².